The molecule has 6 nitrogen and oxygen atoms in total. The van der Waals surface area contributed by atoms with E-state index in [0.717, 1.165) is 11.1 Å². The van der Waals surface area contributed by atoms with Crippen molar-refractivity contribution in [2.75, 3.05) is 26.2 Å². The van der Waals surface area contributed by atoms with Gasteiger partial charge in [-0.1, -0.05) is 48.0 Å². The molecule has 0 unspecified atom stereocenters. The van der Waals surface area contributed by atoms with Gasteiger partial charge < -0.3 is 5.73 Å². The van der Waals surface area contributed by atoms with Crippen LogP contribution in [0.1, 0.15) is 23.6 Å². The molecule has 1 heterocycles. The van der Waals surface area contributed by atoms with Crippen LogP contribution < -0.4 is 5.73 Å². The smallest absolute Gasteiger partial charge is 0.243 e. The summed E-state index contributed by atoms with van der Waals surface area (Å²) in [7, 11) is -3.55. The lowest BCUT2D eigenvalue weighted by Gasteiger charge is -2.28. The van der Waals surface area contributed by atoms with Crippen molar-refractivity contribution >= 4 is 15.9 Å². The van der Waals surface area contributed by atoms with Gasteiger partial charge in [-0.3, -0.25) is 9.69 Å². The minimum absolute atomic E-state index is 0.302. The van der Waals surface area contributed by atoms with E-state index in [1.54, 1.807) is 24.3 Å². The van der Waals surface area contributed by atoms with Gasteiger partial charge in [-0.2, -0.15) is 4.31 Å². The van der Waals surface area contributed by atoms with Crippen LogP contribution in [0.3, 0.4) is 0 Å². The number of aryl methyl sites for hydroxylation is 1. The van der Waals surface area contributed by atoms with Crippen LogP contribution in [0.15, 0.2) is 59.5 Å². The van der Waals surface area contributed by atoms with Crippen LogP contribution in [-0.2, 0) is 14.8 Å². The lowest BCUT2D eigenvalue weighted by Crippen LogP contribution is -2.40. The molecule has 0 saturated carbocycles. The zero-order valence-corrected chi connectivity index (χ0v) is 16.2. The topological polar surface area (TPSA) is 83.7 Å². The van der Waals surface area contributed by atoms with Crippen molar-refractivity contribution in [1.29, 1.82) is 0 Å². The normalized spacial score (nSPS) is 18.0. The van der Waals surface area contributed by atoms with Gasteiger partial charge in [0, 0.05) is 26.2 Å². The summed E-state index contributed by atoms with van der Waals surface area (Å²) in [5.41, 5.74) is 7.51. The summed E-state index contributed by atoms with van der Waals surface area (Å²) in [4.78, 5) is 14.4. The Kier molecular flexibility index (Phi) is 5.94. The van der Waals surface area contributed by atoms with E-state index in [-0.39, 0.29) is 0 Å². The molecule has 1 aliphatic rings. The Balaban J connectivity index is 1.78. The number of carbonyl (C=O) groups excluding carboxylic acids is 1. The van der Waals surface area contributed by atoms with Gasteiger partial charge in [-0.05, 0) is 31.0 Å². The van der Waals surface area contributed by atoms with Crippen molar-refractivity contribution < 1.29 is 13.2 Å². The maximum atomic E-state index is 12.9. The van der Waals surface area contributed by atoms with Crippen LogP contribution >= 0.6 is 0 Å². The van der Waals surface area contributed by atoms with Gasteiger partial charge >= 0.3 is 0 Å². The number of hydrogen-bond acceptors (Lipinski definition) is 4. The Morgan fingerprint density at radius 2 is 1.63 bits per heavy atom. The average Bonchev–Trinajstić information content (AvgIpc) is 2.89. The average molecular weight is 388 g/mol. The molecule has 0 spiro atoms. The number of hydrogen-bond donors (Lipinski definition) is 1. The molecular formula is C20H25N3O3S. The molecule has 1 amide bonds. The van der Waals surface area contributed by atoms with Gasteiger partial charge in [0.2, 0.25) is 15.9 Å². The van der Waals surface area contributed by atoms with Crippen LogP contribution in [0.2, 0.25) is 0 Å². The van der Waals surface area contributed by atoms with Gasteiger partial charge in [0.15, 0.2) is 0 Å². The van der Waals surface area contributed by atoms with Gasteiger partial charge in [-0.25, -0.2) is 8.42 Å². The molecular weight excluding hydrogens is 362 g/mol. The number of sulfonamides is 1. The summed E-state index contributed by atoms with van der Waals surface area (Å²) in [6.45, 7) is 3.74. The fourth-order valence-corrected chi connectivity index (χ4v) is 4.93. The fraction of sp³-hybridized carbons (Fsp3) is 0.350. The van der Waals surface area contributed by atoms with Crippen molar-refractivity contribution in [3.8, 4) is 0 Å². The molecule has 2 aromatic rings. The van der Waals surface area contributed by atoms with Crippen molar-refractivity contribution in [2.45, 2.75) is 24.3 Å². The summed E-state index contributed by atoms with van der Waals surface area (Å²) in [6, 6.07) is 15.7. The highest BCUT2D eigenvalue weighted by Crippen LogP contribution is 2.24. The molecule has 1 aliphatic heterocycles. The second-order valence-corrected chi connectivity index (χ2v) is 8.76. The van der Waals surface area contributed by atoms with E-state index in [1.807, 2.05) is 42.2 Å². The highest BCUT2D eigenvalue weighted by Gasteiger charge is 2.31. The number of primary amides is 1. The lowest BCUT2D eigenvalue weighted by molar-refractivity contribution is -0.123. The van der Waals surface area contributed by atoms with E-state index in [1.165, 1.54) is 4.31 Å². The molecule has 27 heavy (non-hydrogen) atoms. The zero-order chi connectivity index (χ0) is 19.4. The Hall–Kier alpha value is -2.22. The third-order valence-electron chi connectivity index (χ3n) is 4.90. The molecule has 3 rings (SSSR count). The molecule has 0 aliphatic carbocycles. The third-order valence-corrected chi connectivity index (χ3v) is 6.81. The Morgan fingerprint density at radius 3 is 2.26 bits per heavy atom. The minimum atomic E-state index is -3.55. The lowest BCUT2D eigenvalue weighted by atomic mass is 10.0. The molecule has 7 heteroatoms. The van der Waals surface area contributed by atoms with Crippen LogP contribution in [0.5, 0.6) is 0 Å². The fourth-order valence-electron chi connectivity index (χ4n) is 3.46. The number of nitrogens with two attached hydrogens (primary N) is 1. The molecule has 2 aromatic carbocycles. The summed E-state index contributed by atoms with van der Waals surface area (Å²) < 4.78 is 27.4. The van der Waals surface area contributed by atoms with Crippen molar-refractivity contribution in [3.63, 3.8) is 0 Å². The first-order valence-electron chi connectivity index (χ1n) is 9.05. The number of benzene rings is 2. The minimum Gasteiger partial charge on any atom is -0.368 e. The Morgan fingerprint density at radius 1 is 0.963 bits per heavy atom. The summed E-state index contributed by atoms with van der Waals surface area (Å²) in [5, 5.41) is 0. The van der Waals surface area contributed by atoms with Crippen molar-refractivity contribution in [1.82, 2.24) is 9.21 Å². The SMILES string of the molecule is Cc1ccc(S(=O)(=O)N2CCCN([C@H](C(N)=O)c3ccccc3)CC2)cc1. The second-order valence-electron chi connectivity index (χ2n) is 6.82. The number of carbonyl (C=O) groups is 1. The number of amides is 1. The molecule has 1 atom stereocenters. The second kappa shape index (κ2) is 8.21. The zero-order valence-electron chi connectivity index (χ0n) is 15.4. The Labute approximate surface area is 160 Å². The molecule has 144 valence electrons. The first-order chi connectivity index (χ1) is 12.9. The van der Waals surface area contributed by atoms with E-state index in [9.17, 15) is 13.2 Å². The Bertz CT molecular complexity index is 882. The third kappa shape index (κ3) is 4.37. The van der Waals surface area contributed by atoms with E-state index in [0.29, 0.717) is 37.5 Å². The first kappa shape index (κ1) is 19.5. The van der Waals surface area contributed by atoms with E-state index in [4.69, 9.17) is 5.73 Å². The molecule has 2 N–H and O–H groups in total. The summed E-state index contributed by atoms with van der Waals surface area (Å²) in [5.74, 6) is -0.420. The molecule has 1 fully saturated rings. The molecule has 0 radical (unpaired) electrons. The van der Waals surface area contributed by atoms with E-state index in [2.05, 4.69) is 0 Å². The maximum absolute atomic E-state index is 12.9. The van der Waals surface area contributed by atoms with Gasteiger partial charge in [0.25, 0.3) is 0 Å². The quantitative estimate of drug-likeness (QED) is 0.850. The van der Waals surface area contributed by atoms with E-state index < -0.39 is 22.0 Å². The maximum Gasteiger partial charge on any atom is 0.243 e. The largest absolute Gasteiger partial charge is 0.368 e. The molecule has 0 aromatic heterocycles. The standard InChI is InChI=1S/C20H25N3O3S/c1-16-8-10-18(11-9-16)27(25,26)23-13-5-12-22(14-15-23)19(20(21)24)17-6-3-2-4-7-17/h2-4,6-11,19H,5,12-15H2,1H3,(H2,21,24)/t19-/m0/s1. The predicted octanol–water partition coefficient (Wildman–Crippen LogP) is 1.92. The first-order valence-corrected chi connectivity index (χ1v) is 10.5. The summed E-state index contributed by atoms with van der Waals surface area (Å²) >= 11 is 0. The summed E-state index contributed by atoms with van der Waals surface area (Å²) in [6.07, 6.45) is 0.641. The number of rotatable bonds is 5. The van der Waals surface area contributed by atoms with Crippen molar-refractivity contribution in [2.24, 2.45) is 5.73 Å². The van der Waals surface area contributed by atoms with E-state index >= 15 is 0 Å². The number of nitrogens with zero attached hydrogens (tertiary/aromatic N) is 2. The van der Waals surface area contributed by atoms with Crippen LogP contribution in [0, 0.1) is 6.92 Å². The van der Waals surface area contributed by atoms with Crippen LogP contribution in [-0.4, -0.2) is 49.7 Å². The monoisotopic (exact) mass is 387 g/mol. The van der Waals surface area contributed by atoms with Crippen LogP contribution in [0.25, 0.3) is 0 Å². The van der Waals surface area contributed by atoms with Gasteiger partial charge in [0.05, 0.1) is 4.90 Å². The highest BCUT2D eigenvalue weighted by molar-refractivity contribution is 7.89. The van der Waals surface area contributed by atoms with Gasteiger partial charge in [-0.15, -0.1) is 0 Å². The molecule has 1 saturated heterocycles. The van der Waals surface area contributed by atoms with Crippen molar-refractivity contribution in [3.05, 3.63) is 65.7 Å². The van der Waals surface area contributed by atoms with Gasteiger partial charge in [0.1, 0.15) is 6.04 Å². The van der Waals surface area contributed by atoms with Crippen LogP contribution in [0.4, 0.5) is 0 Å². The molecule has 0 bridgehead atoms. The highest BCUT2D eigenvalue weighted by atomic mass is 32.2. The predicted molar refractivity (Wildman–Crippen MR) is 105 cm³/mol.